The van der Waals surface area contributed by atoms with Crippen molar-refractivity contribution in [3.05, 3.63) is 57.6 Å². The van der Waals surface area contributed by atoms with E-state index in [-0.39, 0.29) is 17.5 Å². The number of hydrogen-bond acceptors (Lipinski definition) is 4. The zero-order valence-corrected chi connectivity index (χ0v) is 13.9. The van der Waals surface area contributed by atoms with Crippen molar-refractivity contribution in [1.82, 2.24) is 5.43 Å². The monoisotopic (exact) mass is 364 g/mol. The zero-order valence-electron chi connectivity index (χ0n) is 12.4. The van der Waals surface area contributed by atoms with E-state index in [0.717, 1.165) is 5.56 Å². The molecule has 0 aliphatic carbocycles. The minimum Gasteiger partial charge on any atom is -0.504 e. The fourth-order valence-electron chi connectivity index (χ4n) is 1.75. The Morgan fingerprint density at radius 2 is 1.83 bits per heavy atom. The molecule has 4 N–H and O–H groups in total. The lowest BCUT2D eigenvalue weighted by Crippen LogP contribution is -2.14. The van der Waals surface area contributed by atoms with Gasteiger partial charge in [-0.1, -0.05) is 35.3 Å². The molecule has 0 amide bonds. The maximum Gasteiger partial charge on any atom is 0.235 e. The number of guanidine groups is 1. The molecule has 2 aromatic carbocycles. The minimum atomic E-state index is -0.192. The molecule has 0 aliphatic heterocycles. The third-order valence-corrected chi connectivity index (χ3v) is 3.61. The summed E-state index contributed by atoms with van der Waals surface area (Å²) in [4.78, 5) is 3.88. The Hall–Kier alpha value is -2.57. The maximum absolute atomic E-state index is 9.38. The number of phenols is 2. The van der Waals surface area contributed by atoms with Crippen LogP contribution in [0.5, 0.6) is 11.5 Å². The van der Waals surface area contributed by atoms with Crippen LogP contribution >= 0.6 is 23.2 Å². The summed E-state index contributed by atoms with van der Waals surface area (Å²) in [5.74, 6) is -0.554. The van der Waals surface area contributed by atoms with E-state index in [1.165, 1.54) is 24.6 Å². The first kappa shape index (κ1) is 17.8. The fraction of sp³-hybridized carbons (Fsp3) is 0.0625. The van der Waals surface area contributed by atoms with Crippen molar-refractivity contribution < 1.29 is 10.2 Å². The molecule has 24 heavy (non-hydrogen) atoms. The van der Waals surface area contributed by atoms with Crippen molar-refractivity contribution in [3.63, 3.8) is 0 Å². The van der Waals surface area contributed by atoms with E-state index < -0.39 is 0 Å². The zero-order chi connectivity index (χ0) is 17.5. The third-order valence-electron chi connectivity index (χ3n) is 2.95. The quantitative estimate of drug-likeness (QED) is 0.288. The van der Waals surface area contributed by atoms with Crippen LogP contribution in [-0.2, 0) is 6.42 Å². The first-order chi connectivity index (χ1) is 11.5. The van der Waals surface area contributed by atoms with Gasteiger partial charge in [-0.15, -0.1) is 0 Å². The predicted molar refractivity (Wildman–Crippen MR) is 96.9 cm³/mol. The van der Waals surface area contributed by atoms with Gasteiger partial charge < -0.3 is 10.2 Å². The standard InChI is InChI=1S/C16H14Cl2N4O2/c17-12-2-1-3-13(18)11(12)9-20-16(19)22-21-7-6-10-4-5-14(23)15(24)8-10/h1-5,7-9,23-24H,6H2,(H2,19,22). The van der Waals surface area contributed by atoms with Gasteiger partial charge in [0, 0.05) is 24.4 Å². The molecule has 2 rings (SSSR count). The predicted octanol–water partition coefficient (Wildman–Crippen LogP) is 3.58. The van der Waals surface area contributed by atoms with Gasteiger partial charge in [0.15, 0.2) is 11.5 Å². The van der Waals surface area contributed by atoms with Crippen LogP contribution in [0.15, 0.2) is 46.5 Å². The second-order valence-electron chi connectivity index (χ2n) is 4.69. The first-order valence-electron chi connectivity index (χ1n) is 6.82. The summed E-state index contributed by atoms with van der Waals surface area (Å²) >= 11 is 12.0. The van der Waals surface area contributed by atoms with Gasteiger partial charge in [-0.2, -0.15) is 5.10 Å². The number of hydrazone groups is 1. The van der Waals surface area contributed by atoms with E-state index in [4.69, 9.17) is 28.6 Å². The van der Waals surface area contributed by atoms with Crippen LogP contribution in [0.25, 0.3) is 0 Å². The Bertz CT molecular complexity index is 786. The Labute approximate surface area is 148 Å². The van der Waals surface area contributed by atoms with Crippen LogP contribution in [0.4, 0.5) is 0 Å². The summed E-state index contributed by atoms with van der Waals surface area (Å²) in [6, 6.07) is 9.56. The van der Waals surface area contributed by atoms with Crippen molar-refractivity contribution in [1.29, 1.82) is 5.41 Å². The van der Waals surface area contributed by atoms with Gasteiger partial charge in [0.25, 0.3) is 0 Å². The maximum atomic E-state index is 9.38. The highest BCUT2D eigenvalue weighted by Crippen LogP contribution is 2.24. The van der Waals surface area contributed by atoms with Crippen LogP contribution in [0.2, 0.25) is 10.0 Å². The number of aromatic hydroxyl groups is 2. The lowest BCUT2D eigenvalue weighted by Gasteiger charge is -2.01. The topological polar surface area (TPSA) is 101 Å². The third kappa shape index (κ3) is 4.97. The number of phenolic OH excluding ortho intramolecular Hbond substituents is 2. The van der Waals surface area contributed by atoms with Gasteiger partial charge in [-0.3, -0.25) is 5.41 Å². The largest absolute Gasteiger partial charge is 0.504 e. The van der Waals surface area contributed by atoms with E-state index >= 15 is 0 Å². The minimum absolute atomic E-state index is 0.178. The number of rotatable bonds is 4. The highest BCUT2D eigenvalue weighted by atomic mass is 35.5. The number of hydrogen-bond donors (Lipinski definition) is 4. The molecule has 8 heteroatoms. The molecule has 2 aromatic rings. The SMILES string of the molecule is N=C(N=Cc1c(Cl)cccc1Cl)NN=CCc1ccc(O)c(O)c1. The highest BCUT2D eigenvalue weighted by Gasteiger charge is 2.02. The van der Waals surface area contributed by atoms with Crippen LogP contribution in [-0.4, -0.2) is 28.6 Å². The summed E-state index contributed by atoms with van der Waals surface area (Å²) in [6.07, 6.45) is 3.31. The molecule has 0 heterocycles. The Morgan fingerprint density at radius 1 is 1.12 bits per heavy atom. The van der Waals surface area contributed by atoms with Gasteiger partial charge in [0.1, 0.15) is 0 Å². The van der Waals surface area contributed by atoms with Crippen molar-refractivity contribution >= 4 is 41.6 Å². The second kappa shape index (κ2) is 8.33. The van der Waals surface area contributed by atoms with Crippen molar-refractivity contribution in [2.75, 3.05) is 0 Å². The van der Waals surface area contributed by atoms with E-state index in [1.807, 2.05) is 0 Å². The summed E-state index contributed by atoms with van der Waals surface area (Å²) < 4.78 is 0. The molecular weight excluding hydrogens is 351 g/mol. The number of benzene rings is 2. The van der Waals surface area contributed by atoms with Crippen molar-refractivity contribution in [2.24, 2.45) is 10.1 Å². The summed E-state index contributed by atoms with van der Waals surface area (Å²) in [5, 5.41) is 31.0. The van der Waals surface area contributed by atoms with Crippen molar-refractivity contribution in [3.8, 4) is 11.5 Å². The van der Waals surface area contributed by atoms with Crippen LogP contribution in [0.1, 0.15) is 11.1 Å². The molecule has 6 nitrogen and oxygen atoms in total. The van der Waals surface area contributed by atoms with Crippen molar-refractivity contribution in [2.45, 2.75) is 6.42 Å². The molecule has 0 bridgehead atoms. The molecule has 0 aliphatic rings. The summed E-state index contributed by atoms with van der Waals surface area (Å²) in [5.41, 5.74) is 3.73. The molecular formula is C16H14Cl2N4O2. The molecule has 0 atom stereocenters. The summed E-state index contributed by atoms with van der Waals surface area (Å²) in [6.45, 7) is 0. The van der Waals surface area contributed by atoms with Crippen LogP contribution in [0.3, 0.4) is 0 Å². The summed E-state index contributed by atoms with van der Waals surface area (Å²) in [7, 11) is 0. The van der Waals surface area contributed by atoms with Crippen LogP contribution in [0, 0.1) is 5.41 Å². The number of nitrogens with zero attached hydrogens (tertiary/aromatic N) is 2. The molecule has 0 saturated carbocycles. The average Bonchev–Trinajstić information content (AvgIpc) is 2.54. The van der Waals surface area contributed by atoms with Gasteiger partial charge in [0.05, 0.1) is 10.0 Å². The Balaban J connectivity index is 1.88. The normalized spacial score (nSPS) is 11.2. The number of aliphatic imine (C=N–C) groups is 1. The van der Waals surface area contributed by atoms with Gasteiger partial charge >= 0.3 is 0 Å². The highest BCUT2D eigenvalue weighted by molar-refractivity contribution is 6.38. The van der Waals surface area contributed by atoms with Gasteiger partial charge in [-0.05, 0) is 29.8 Å². The lowest BCUT2D eigenvalue weighted by atomic mass is 10.1. The molecule has 0 saturated heterocycles. The smallest absolute Gasteiger partial charge is 0.235 e. The molecule has 0 spiro atoms. The molecule has 124 valence electrons. The first-order valence-corrected chi connectivity index (χ1v) is 7.58. The van der Waals surface area contributed by atoms with Gasteiger partial charge in [-0.25, -0.2) is 10.4 Å². The second-order valence-corrected chi connectivity index (χ2v) is 5.51. The number of halogens is 2. The molecule has 0 unspecified atom stereocenters. The Morgan fingerprint density at radius 3 is 2.50 bits per heavy atom. The van der Waals surface area contributed by atoms with E-state index in [0.29, 0.717) is 22.0 Å². The Kier molecular flexibility index (Phi) is 6.17. The van der Waals surface area contributed by atoms with Gasteiger partial charge in [0.2, 0.25) is 5.96 Å². The van der Waals surface area contributed by atoms with E-state index in [9.17, 15) is 10.2 Å². The van der Waals surface area contributed by atoms with E-state index in [1.54, 1.807) is 24.3 Å². The lowest BCUT2D eigenvalue weighted by molar-refractivity contribution is 0.403. The molecule has 0 radical (unpaired) electrons. The fourth-order valence-corrected chi connectivity index (χ4v) is 2.24. The van der Waals surface area contributed by atoms with Crippen LogP contribution < -0.4 is 5.43 Å². The van der Waals surface area contributed by atoms with E-state index in [2.05, 4.69) is 15.5 Å². The number of nitrogens with one attached hydrogen (secondary N) is 2. The molecule has 0 fully saturated rings. The molecule has 0 aromatic heterocycles. The average molecular weight is 365 g/mol.